The third-order valence-electron chi connectivity index (χ3n) is 9.25. The molecular formula is C39H52O2Si2. The summed E-state index contributed by atoms with van der Waals surface area (Å²) in [5.74, 6) is 0.798. The van der Waals surface area contributed by atoms with Crippen LogP contribution in [0.15, 0.2) is 97.1 Å². The third kappa shape index (κ3) is 9.45. The van der Waals surface area contributed by atoms with E-state index in [1.165, 1.54) is 46.4 Å². The Labute approximate surface area is 262 Å². The third-order valence-corrected chi connectivity index (χ3v) is 15.4. The van der Waals surface area contributed by atoms with Gasteiger partial charge in [-0.15, -0.1) is 0 Å². The minimum atomic E-state index is -1.38. The molecule has 0 bridgehead atoms. The van der Waals surface area contributed by atoms with E-state index >= 15 is 0 Å². The molecule has 43 heavy (non-hydrogen) atoms. The Morgan fingerprint density at radius 2 is 0.907 bits per heavy atom. The fourth-order valence-electron chi connectivity index (χ4n) is 6.50. The highest BCUT2D eigenvalue weighted by molar-refractivity contribution is 6.77. The van der Waals surface area contributed by atoms with Crippen molar-refractivity contribution in [1.82, 2.24) is 0 Å². The molecule has 228 valence electrons. The van der Waals surface area contributed by atoms with Crippen LogP contribution in [0.5, 0.6) is 11.5 Å². The second-order valence-corrected chi connectivity index (χ2v) is 25.0. The predicted octanol–water partition coefficient (Wildman–Crippen LogP) is 10.3. The maximum atomic E-state index is 10.8. The zero-order valence-corrected chi connectivity index (χ0v) is 29.3. The van der Waals surface area contributed by atoms with E-state index < -0.39 is 16.1 Å². The number of rotatable bonds is 14. The molecule has 4 heteroatoms. The number of aryl methyl sites for hydroxylation is 2. The average molecular weight is 609 g/mol. The molecule has 2 N–H and O–H groups in total. The van der Waals surface area contributed by atoms with E-state index in [0.29, 0.717) is 11.5 Å². The molecule has 4 rings (SSSR count). The quantitative estimate of drug-likeness (QED) is 0.140. The topological polar surface area (TPSA) is 40.5 Å². The second-order valence-electron chi connectivity index (χ2n) is 14.7. The molecule has 0 aliphatic heterocycles. The number of hydrogen-bond acceptors (Lipinski definition) is 2. The van der Waals surface area contributed by atoms with Crippen LogP contribution in [0.25, 0.3) is 0 Å². The largest absolute Gasteiger partial charge is 0.508 e. The monoisotopic (exact) mass is 608 g/mol. The van der Waals surface area contributed by atoms with Crippen LogP contribution in [0.3, 0.4) is 0 Å². The molecule has 0 fully saturated rings. The highest BCUT2D eigenvalue weighted by Gasteiger charge is 2.26. The van der Waals surface area contributed by atoms with Crippen LogP contribution in [0.1, 0.15) is 60.1 Å². The normalized spacial score (nSPS) is 12.4. The van der Waals surface area contributed by atoms with Gasteiger partial charge in [0.1, 0.15) is 11.5 Å². The minimum Gasteiger partial charge on any atom is -0.508 e. The molecule has 0 radical (unpaired) electrons. The lowest BCUT2D eigenvalue weighted by Gasteiger charge is -2.28. The van der Waals surface area contributed by atoms with E-state index in [9.17, 15) is 10.2 Å². The fraction of sp³-hybridized carbons (Fsp3) is 0.385. The molecule has 0 aliphatic carbocycles. The van der Waals surface area contributed by atoms with Gasteiger partial charge < -0.3 is 10.2 Å². The number of benzene rings is 4. The number of phenols is 2. The van der Waals surface area contributed by atoms with Gasteiger partial charge in [-0.2, -0.15) is 0 Å². The van der Waals surface area contributed by atoms with Crippen LogP contribution in [0.2, 0.25) is 38.3 Å². The van der Waals surface area contributed by atoms with Crippen molar-refractivity contribution in [2.45, 2.75) is 95.3 Å². The van der Waals surface area contributed by atoms with Crippen LogP contribution in [-0.2, 0) is 30.3 Å². The van der Waals surface area contributed by atoms with Gasteiger partial charge in [0.15, 0.2) is 0 Å². The molecule has 4 aromatic carbocycles. The Balaban J connectivity index is 1.40. The summed E-state index contributed by atoms with van der Waals surface area (Å²) in [6, 6.07) is 38.9. The van der Waals surface area contributed by atoms with Gasteiger partial charge >= 0.3 is 0 Å². The maximum Gasteiger partial charge on any atom is 0.118 e. The summed E-state index contributed by atoms with van der Waals surface area (Å²) < 4.78 is 0. The van der Waals surface area contributed by atoms with Crippen molar-refractivity contribution in [3.05, 3.63) is 130 Å². The van der Waals surface area contributed by atoms with E-state index in [4.69, 9.17) is 0 Å². The van der Waals surface area contributed by atoms with Crippen molar-refractivity contribution in [1.29, 1.82) is 0 Å². The summed E-state index contributed by atoms with van der Waals surface area (Å²) >= 11 is 0. The SMILES string of the molecule is CC(C)(c1ccc(O)c(CCC[Si](C)(C)Cc2ccccc2)c1)c1ccc(O)c(CCC[Si](C)(C)Cc2ccccc2)c1. The summed E-state index contributed by atoms with van der Waals surface area (Å²) in [7, 11) is -2.75. The molecule has 4 aromatic rings. The summed E-state index contributed by atoms with van der Waals surface area (Å²) in [5.41, 5.74) is 7.13. The minimum absolute atomic E-state index is 0.242. The van der Waals surface area contributed by atoms with Crippen LogP contribution in [0, 0.1) is 0 Å². The molecule has 0 aromatic heterocycles. The number of aromatic hydroxyl groups is 2. The first-order chi connectivity index (χ1) is 20.3. The highest BCUT2D eigenvalue weighted by Crippen LogP contribution is 2.37. The lowest BCUT2D eigenvalue weighted by molar-refractivity contribution is 0.465. The smallest absolute Gasteiger partial charge is 0.118 e. The van der Waals surface area contributed by atoms with Crippen molar-refractivity contribution in [2.24, 2.45) is 0 Å². The molecule has 0 saturated heterocycles. The average Bonchev–Trinajstić information content (AvgIpc) is 2.95. The summed E-state index contributed by atoms with van der Waals surface area (Å²) in [5, 5.41) is 21.5. The molecule has 0 heterocycles. The van der Waals surface area contributed by atoms with Gasteiger partial charge in [-0.1, -0.05) is 161 Å². The molecule has 0 unspecified atom stereocenters. The van der Waals surface area contributed by atoms with Crippen LogP contribution >= 0.6 is 0 Å². The lowest BCUT2D eigenvalue weighted by Crippen LogP contribution is -2.29. The Morgan fingerprint density at radius 3 is 1.28 bits per heavy atom. The zero-order valence-electron chi connectivity index (χ0n) is 27.3. The first-order valence-corrected chi connectivity index (χ1v) is 22.9. The van der Waals surface area contributed by atoms with Crippen molar-refractivity contribution in [3.63, 3.8) is 0 Å². The molecule has 2 nitrogen and oxygen atoms in total. The van der Waals surface area contributed by atoms with Gasteiger partial charge in [-0.25, -0.2) is 0 Å². The van der Waals surface area contributed by atoms with E-state index in [0.717, 1.165) is 36.8 Å². The van der Waals surface area contributed by atoms with Crippen LogP contribution in [0.4, 0.5) is 0 Å². The van der Waals surface area contributed by atoms with E-state index in [1.54, 1.807) is 0 Å². The van der Waals surface area contributed by atoms with E-state index in [-0.39, 0.29) is 5.41 Å². The van der Waals surface area contributed by atoms with Crippen molar-refractivity contribution >= 4 is 16.1 Å². The van der Waals surface area contributed by atoms with Crippen LogP contribution in [-0.4, -0.2) is 26.4 Å². The Morgan fingerprint density at radius 1 is 0.535 bits per heavy atom. The second kappa shape index (κ2) is 14.1. The Hall–Kier alpha value is -3.09. The zero-order chi connectivity index (χ0) is 31.1. The van der Waals surface area contributed by atoms with Gasteiger partial charge in [-0.05, 0) is 59.3 Å². The molecule has 0 spiro atoms. The highest BCUT2D eigenvalue weighted by atomic mass is 28.3. The number of phenolic OH excluding ortho intramolecular Hbond substituents is 2. The summed E-state index contributed by atoms with van der Waals surface area (Å²) in [6.07, 6.45) is 3.97. The van der Waals surface area contributed by atoms with E-state index in [2.05, 4.69) is 125 Å². The first kappa shape index (κ1) is 32.8. The fourth-order valence-corrected chi connectivity index (χ4v) is 11.8. The van der Waals surface area contributed by atoms with Crippen LogP contribution < -0.4 is 0 Å². The summed E-state index contributed by atoms with van der Waals surface area (Å²) in [6.45, 7) is 14.4. The molecule has 0 amide bonds. The Kier molecular flexibility index (Phi) is 10.8. The van der Waals surface area contributed by atoms with Crippen molar-refractivity contribution in [3.8, 4) is 11.5 Å². The van der Waals surface area contributed by atoms with E-state index in [1.807, 2.05) is 12.1 Å². The number of hydrogen-bond donors (Lipinski definition) is 2. The summed E-state index contributed by atoms with van der Waals surface area (Å²) in [4.78, 5) is 0. The van der Waals surface area contributed by atoms with Gasteiger partial charge in [-0.3, -0.25) is 0 Å². The molecular weight excluding hydrogens is 557 g/mol. The molecule has 0 saturated carbocycles. The Bertz CT molecular complexity index is 1350. The predicted molar refractivity (Wildman–Crippen MR) is 190 cm³/mol. The first-order valence-electron chi connectivity index (χ1n) is 16.1. The van der Waals surface area contributed by atoms with Gasteiger partial charge in [0.2, 0.25) is 0 Å². The standard InChI is InChI=1S/C39H52O2Si2/c1-39(2,35-21-23-37(40)33(27-35)19-13-25-42(3,4)29-31-15-9-7-10-16-31)36-22-24-38(41)34(28-36)20-14-26-43(5,6)30-32-17-11-8-12-18-32/h7-12,15-18,21-24,27-28,40-41H,13-14,19-20,25-26,29-30H2,1-6H3. The molecule has 0 aliphatic rings. The van der Waals surface area contributed by atoms with Crippen molar-refractivity contribution < 1.29 is 10.2 Å². The van der Waals surface area contributed by atoms with Gasteiger partial charge in [0, 0.05) is 5.41 Å². The van der Waals surface area contributed by atoms with Gasteiger partial charge in [0.25, 0.3) is 0 Å². The molecule has 0 atom stereocenters. The van der Waals surface area contributed by atoms with Crippen molar-refractivity contribution in [2.75, 3.05) is 0 Å². The van der Waals surface area contributed by atoms with Gasteiger partial charge in [0.05, 0.1) is 16.1 Å². The lowest BCUT2D eigenvalue weighted by atomic mass is 9.76. The maximum absolute atomic E-state index is 10.8.